The van der Waals surface area contributed by atoms with Gasteiger partial charge < -0.3 is 15.7 Å². The summed E-state index contributed by atoms with van der Waals surface area (Å²) in [4.78, 5) is 36.0. The van der Waals surface area contributed by atoms with Crippen molar-refractivity contribution >= 4 is 23.5 Å². The maximum atomic E-state index is 12.5. The summed E-state index contributed by atoms with van der Waals surface area (Å²) >= 11 is 0. The summed E-state index contributed by atoms with van der Waals surface area (Å²) in [5, 5.41) is 22.6. The highest BCUT2D eigenvalue weighted by atomic mass is 16.4. The van der Waals surface area contributed by atoms with Gasteiger partial charge in [-0.2, -0.15) is 10.2 Å². The normalized spacial score (nSPS) is 11.8. The van der Waals surface area contributed by atoms with Gasteiger partial charge in [0.2, 0.25) is 5.91 Å². The third kappa shape index (κ3) is 4.08. The van der Waals surface area contributed by atoms with Crippen LogP contribution in [0, 0.1) is 0 Å². The van der Waals surface area contributed by atoms with E-state index in [-0.39, 0.29) is 23.0 Å². The molecule has 0 saturated carbocycles. The number of amides is 2. The van der Waals surface area contributed by atoms with Crippen molar-refractivity contribution in [1.82, 2.24) is 24.9 Å². The van der Waals surface area contributed by atoms with Gasteiger partial charge in [-0.05, 0) is 26.3 Å². The first-order valence-electron chi connectivity index (χ1n) is 8.32. The van der Waals surface area contributed by atoms with E-state index in [0.29, 0.717) is 13.1 Å². The molecule has 1 unspecified atom stereocenters. The van der Waals surface area contributed by atoms with Crippen LogP contribution in [0.2, 0.25) is 0 Å². The minimum Gasteiger partial charge on any atom is -0.477 e. The molecule has 140 valence electrons. The number of nitrogens with one attached hydrogen (secondary N) is 2. The Kier molecular flexibility index (Phi) is 6.10. The van der Waals surface area contributed by atoms with Gasteiger partial charge in [0.15, 0.2) is 5.69 Å². The van der Waals surface area contributed by atoms with Crippen LogP contribution in [0.25, 0.3) is 0 Å². The molecule has 0 aliphatic rings. The molecule has 10 nitrogen and oxygen atoms in total. The summed E-state index contributed by atoms with van der Waals surface area (Å²) < 4.78 is 2.65. The topological polar surface area (TPSA) is 131 Å². The monoisotopic (exact) mass is 362 g/mol. The second-order valence-corrected chi connectivity index (χ2v) is 5.63. The van der Waals surface area contributed by atoms with E-state index in [1.54, 1.807) is 6.20 Å². The number of aromatic nitrogens is 4. The third-order valence-corrected chi connectivity index (χ3v) is 3.73. The highest BCUT2D eigenvalue weighted by molar-refractivity contribution is 6.03. The molecule has 0 aliphatic heterocycles. The Hall–Kier alpha value is -3.17. The van der Waals surface area contributed by atoms with Crippen molar-refractivity contribution in [2.24, 2.45) is 0 Å². The number of aryl methyl sites for hydroxylation is 1. The van der Waals surface area contributed by atoms with Gasteiger partial charge in [0.1, 0.15) is 11.7 Å². The summed E-state index contributed by atoms with van der Waals surface area (Å²) in [5.41, 5.74) is 0.277. The van der Waals surface area contributed by atoms with Gasteiger partial charge >= 0.3 is 5.97 Å². The molecule has 10 heteroatoms. The Morgan fingerprint density at radius 3 is 2.65 bits per heavy atom. The highest BCUT2D eigenvalue weighted by Crippen LogP contribution is 2.17. The molecule has 0 aliphatic carbocycles. The van der Waals surface area contributed by atoms with Crippen LogP contribution >= 0.6 is 0 Å². The van der Waals surface area contributed by atoms with E-state index < -0.39 is 17.9 Å². The molecule has 2 rings (SSSR count). The molecule has 2 aromatic heterocycles. The van der Waals surface area contributed by atoms with Crippen LogP contribution in [0.5, 0.6) is 0 Å². The maximum Gasteiger partial charge on any atom is 0.354 e. The van der Waals surface area contributed by atoms with Gasteiger partial charge in [-0.3, -0.25) is 14.3 Å². The number of carbonyl (C=O) groups excluding carboxylic acids is 2. The molecule has 26 heavy (non-hydrogen) atoms. The summed E-state index contributed by atoms with van der Waals surface area (Å²) in [5.74, 6) is -2.07. The number of hydrogen-bond donors (Lipinski definition) is 3. The molecule has 0 saturated heterocycles. The van der Waals surface area contributed by atoms with Crippen molar-refractivity contribution in [3.05, 3.63) is 29.8 Å². The predicted octanol–water partition coefficient (Wildman–Crippen LogP) is 1.14. The SMILES string of the molecule is CCCNC(=O)c1nn(CC)cc1NC(=O)C(C)n1nccc1C(=O)O. The number of nitrogens with zero attached hydrogens (tertiary/aromatic N) is 4. The zero-order chi connectivity index (χ0) is 19.3. The molecular weight excluding hydrogens is 340 g/mol. The largest absolute Gasteiger partial charge is 0.477 e. The summed E-state index contributed by atoms with van der Waals surface area (Å²) in [6.45, 7) is 6.34. The highest BCUT2D eigenvalue weighted by Gasteiger charge is 2.24. The minimum absolute atomic E-state index is 0.0992. The Morgan fingerprint density at radius 1 is 1.31 bits per heavy atom. The van der Waals surface area contributed by atoms with Crippen LogP contribution in [-0.2, 0) is 11.3 Å². The molecule has 2 aromatic rings. The van der Waals surface area contributed by atoms with E-state index in [0.717, 1.165) is 11.1 Å². The Bertz CT molecular complexity index is 810. The second-order valence-electron chi connectivity index (χ2n) is 5.63. The lowest BCUT2D eigenvalue weighted by molar-refractivity contribution is -0.119. The van der Waals surface area contributed by atoms with Gasteiger partial charge in [-0.1, -0.05) is 6.92 Å². The first kappa shape index (κ1) is 19.2. The number of carboxylic acid groups (broad SMARTS) is 1. The van der Waals surface area contributed by atoms with Crippen LogP contribution in [0.1, 0.15) is 54.2 Å². The molecular formula is C16H22N6O4. The fraction of sp³-hybridized carbons (Fsp3) is 0.438. The van der Waals surface area contributed by atoms with Gasteiger partial charge in [-0.15, -0.1) is 0 Å². The molecule has 3 N–H and O–H groups in total. The van der Waals surface area contributed by atoms with Crippen molar-refractivity contribution < 1.29 is 19.5 Å². The maximum absolute atomic E-state index is 12.5. The molecule has 1 atom stereocenters. The van der Waals surface area contributed by atoms with E-state index in [2.05, 4.69) is 20.8 Å². The van der Waals surface area contributed by atoms with E-state index >= 15 is 0 Å². The molecule has 0 aromatic carbocycles. The predicted molar refractivity (Wildman–Crippen MR) is 93.1 cm³/mol. The van der Waals surface area contributed by atoms with Crippen LogP contribution in [0.3, 0.4) is 0 Å². The smallest absolute Gasteiger partial charge is 0.354 e. The zero-order valence-electron chi connectivity index (χ0n) is 14.9. The number of carbonyl (C=O) groups is 3. The van der Waals surface area contributed by atoms with E-state index in [4.69, 9.17) is 5.11 Å². The van der Waals surface area contributed by atoms with E-state index in [9.17, 15) is 14.4 Å². The number of anilines is 1. The Morgan fingerprint density at radius 2 is 2.04 bits per heavy atom. The fourth-order valence-corrected chi connectivity index (χ4v) is 2.31. The van der Waals surface area contributed by atoms with Gasteiger partial charge in [0.05, 0.1) is 5.69 Å². The first-order valence-corrected chi connectivity index (χ1v) is 8.32. The van der Waals surface area contributed by atoms with Crippen molar-refractivity contribution in [1.29, 1.82) is 0 Å². The average Bonchev–Trinajstić information content (AvgIpc) is 3.25. The molecule has 0 radical (unpaired) electrons. The van der Waals surface area contributed by atoms with Gasteiger partial charge in [-0.25, -0.2) is 9.48 Å². The average molecular weight is 362 g/mol. The Balaban J connectivity index is 2.22. The molecule has 2 amide bonds. The fourth-order valence-electron chi connectivity index (χ4n) is 2.31. The zero-order valence-corrected chi connectivity index (χ0v) is 14.9. The third-order valence-electron chi connectivity index (χ3n) is 3.73. The second kappa shape index (κ2) is 8.28. The van der Waals surface area contributed by atoms with E-state index in [1.807, 2.05) is 13.8 Å². The van der Waals surface area contributed by atoms with Crippen molar-refractivity contribution in [2.75, 3.05) is 11.9 Å². The van der Waals surface area contributed by atoms with Crippen molar-refractivity contribution in [3.63, 3.8) is 0 Å². The van der Waals surface area contributed by atoms with Crippen LogP contribution in [-0.4, -0.2) is 49.0 Å². The van der Waals surface area contributed by atoms with Crippen molar-refractivity contribution in [3.8, 4) is 0 Å². The molecule has 0 bridgehead atoms. The van der Waals surface area contributed by atoms with E-state index in [1.165, 1.54) is 23.9 Å². The summed E-state index contributed by atoms with van der Waals surface area (Å²) in [6.07, 6.45) is 3.65. The lowest BCUT2D eigenvalue weighted by Crippen LogP contribution is -2.29. The quantitative estimate of drug-likeness (QED) is 0.645. The van der Waals surface area contributed by atoms with Gasteiger partial charge in [0.25, 0.3) is 5.91 Å². The van der Waals surface area contributed by atoms with Crippen molar-refractivity contribution in [2.45, 2.75) is 39.8 Å². The Labute approximate surface area is 150 Å². The van der Waals surface area contributed by atoms with Gasteiger partial charge in [0, 0.05) is 25.5 Å². The standard InChI is InChI=1S/C16H22N6O4/c1-4-7-17-15(24)13-11(9-21(5-2)20-13)19-14(23)10(3)22-12(16(25)26)6-8-18-22/h6,8-10H,4-5,7H2,1-3H3,(H,17,24)(H,19,23)(H,25,26). The summed E-state index contributed by atoms with van der Waals surface area (Å²) in [6, 6.07) is 0.429. The molecule has 0 fully saturated rings. The number of rotatable bonds is 8. The lowest BCUT2D eigenvalue weighted by Gasteiger charge is -2.14. The van der Waals surface area contributed by atoms with Crippen LogP contribution < -0.4 is 10.6 Å². The number of hydrogen-bond acceptors (Lipinski definition) is 5. The van der Waals surface area contributed by atoms with Crippen LogP contribution in [0.4, 0.5) is 5.69 Å². The summed E-state index contributed by atoms with van der Waals surface area (Å²) in [7, 11) is 0. The first-order chi connectivity index (χ1) is 12.4. The number of aromatic carboxylic acids is 1. The van der Waals surface area contributed by atoms with Crippen LogP contribution in [0.15, 0.2) is 18.5 Å². The lowest BCUT2D eigenvalue weighted by atomic mass is 10.2. The molecule has 2 heterocycles. The number of carboxylic acids is 1. The molecule has 0 spiro atoms. The minimum atomic E-state index is -1.18.